The molecule has 0 spiro atoms. The number of hydrogen-bond donors (Lipinski definition) is 0. The molecule has 0 aliphatic rings. The third kappa shape index (κ3) is 3.14. The highest BCUT2D eigenvalue weighted by molar-refractivity contribution is 5.36. The van der Waals surface area contributed by atoms with Crippen molar-refractivity contribution in [2.45, 2.75) is 50.6 Å². The largest absolute Gasteiger partial charge is 0.457 e. The first kappa shape index (κ1) is 19.6. The maximum Gasteiger partial charge on any atom is 0.457 e. The molecule has 0 bridgehead atoms. The van der Waals surface area contributed by atoms with Gasteiger partial charge in [-0.3, -0.25) is 0 Å². The molecule has 0 heterocycles. The van der Waals surface area contributed by atoms with Crippen LogP contribution in [0.3, 0.4) is 0 Å². The van der Waals surface area contributed by atoms with Crippen LogP contribution in [0.15, 0.2) is 12.1 Å². The van der Waals surface area contributed by atoms with Crippen LogP contribution in [0.4, 0.5) is 39.5 Å². The molecule has 1 rings (SSSR count). The molecule has 1 aromatic rings. The first-order valence-electron chi connectivity index (χ1n) is 6.48. The highest BCUT2D eigenvalue weighted by Crippen LogP contribution is 2.58. The van der Waals surface area contributed by atoms with Gasteiger partial charge in [0.1, 0.15) is 0 Å². The Morgan fingerprint density at radius 1 is 0.739 bits per heavy atom. The van der Waals surface area contributed by atoms with E-state index in [2.05, 4.69) is 6.07 Å². The number of rotatable bonds is 4. The Kier molecular flexibility index (Phi) is 5.04. The van der Waals surface area contributed by atoms with Crippen LogP contribution in [-0.4, -0.2) is 18.3 Å². The number of benzene rings is 1. The maximum atomic E-state index is 14.3. The van der Waals surface area contributed by atoms with Crippen molar-refractivity contribution in [2.24, 2.45) is 0 Å². The number of alkyl halides is 9. The average Bonchev–Trinajstić information content (AvgIpc) is 2.42. The lowest BCUT2D eigenvalue weighted by atomic mass is 9.85. The van der Waals surface area contributed by atoms with Gasteiger partial charge in [-0.2, -0.15) is 35.1 Å². The molecule has 0 saturated heterocycles. The van der Waals surface area contributed by atoms with Gasteiger partial charge >= 0.3 is 23.9 Å². The highest BCUT2D eigenvalue weighted by Gasteiger charge is 2.81. The molecular weight excluding hydrogens is 339 g/mol. The predicted molar refractivity (Wildman–Crippen MR) is 63.9 cm³/mol. The Hall–Kier alpha value is -1.41. The Morgan fingerprint density at radius 3 is 1.39 bits per heavy atom. The minimum absolute atomic E-state index is 0.00757. The van der Waals surface area contributed by atoms with E-state index in [0.717, 1.165) is 0 Å². The minimum Gasteiger partial charge on any atom is -0.221 e. The molecule has 0 amide bonds. The van der Waals surface area contributed by atoms with Crippen molar-refractivity contribution in [2.75, 3.05) is 0 Å². The van der Waals surface area contributed by atoms with Gasteiger partial charge in [-0.25, -0.2) is 4.39 Å². The van der Waals surface area contributed by atoms with Gasteiger partial charge in [0.25, 0.3) is 0 Å². The summed E-state index contributed by atoms with van der Waals surface area (Å²) >= 11 is 0. The lowest BCUT2D eigenvalue weighted by molar-refractivity contribution is -0.389. The molecular formula is C14H12F9. The summed E-state index contributed by atoms with van der Waals surface area (Å²) in [4.78, 5) is 0. The number of aryl methyl sites for hydroxylation is 2. The summed E-state index contributed by atoms with van der Waals surface area (Å²) in [5, 5.41) is 0. The van der Waals surface area contributed by atoms with Crippen LogP contribution in [0.1, 0.15) is 30.5 Å². The molecule has 0 saturated carbocycles. The van der Waals surface area contributed by atoms with Gasteiger partial charge in [-0.05, 0) is 30.0 Å². The molecule has 0 aliphatic carbocycles. The van der Waals surface area contributed by atoms with Crippen LogP contribution in [0.2, 0.25) is 0 Å². The lowest BCUT2D eigenvalue weighted by Gasteiger charge is -2.36. The fourth-order valence-corrected chi connectivity index (χ4v) is 1.99. The van der Waals surface area contributed by atoms with Gasteiger partial charge in [0.2, 0.25) is 0 Å². The zero-order chi connectivity index (χ0) is 18.3. The fourth-order valence-electron chi connectivity index (χ4n) is 1.99. The zero-order valence-corrected chi connectivity index (χ0v) is 12.0. The minimum atomic E-state index is -6.71. The number of halogens is 9. The Labute approximate surface area is 126 Å². The highest BCUT2D eigenvalue weighted by atomic mass is 19.4. The second-order valence-electron chi connectivity index (χ2n) is 4.85. The van der Waals surface area contributed by atoms with Crippen molar-refractivity contribution >= 4 is 0 Å². The van der Waals surface area contributed by atoms with E-state index in [1.165, 1.54) is 13.8 Å². The third-order valence-corrected chi connectivity index (χ3v) is 3.32. The standard InChI is InChI=1S/C14H12F9/c1-3-8-5-9(4-2)7-10(6-8)11(15,13(18,19)20)12(16,17)14(21,22)23/h6-7H,3-4H2,1-2H3. The van der Waals surface area contributed by atoms with Gasteiger partial charge in [0.05, 0.1) is 0 Å². The molecule has 9 heteroatoms. The summed E-state index contributed by atoms with van der Waals surface area (Å²) in [6, 6.07) is 3.22. The molecule has 1 unspecified atom stereocenters. The second kappa shape index (κ2) is 5.90. The third-order valence-electron chi connectivity index (χ3n) is 3.32. The molecule has 1 radical (unpaired) electrons. The second-order valence-corrected chi connectivity index (χ2v) is 4.85. The zero-order valence-electron chi connectivity index (χ0n) is 12.0. The molecule has 1 atom stereocenters. The maximum absolute atomic E-state index is 14.3. The van der Waals surface area contributed by atoms with Crippen molar-refractivity contribution in [1.29, 1.82) is 0 Å². The van der Waals surface area contributed by atoms with E-state index in [9.17, 15) is 39.5 Å². The van der Waals surface area contributed by atoms with Crippen molar-refractivity contribution < 1.29 is 39.5 Å². The van der Waals surface area contributed by atoms with Gasteiger partial charge in [0.15, 0.2) is 0 Å². The van der Waals surface area contributed by atoms with Gasteiger partial charge in [-0.1, -0.05) is 26.0 Å². The van der Waals surface area contributed by atoms with E-state index in [1.54, 1.807) is 0 Å². The monoisotopic (exact) mass is 351 g/mol. The molecule has 0 fully saturated rings. The summed E-state index contributed by atoms with van der Waals surface area (Å²) in [5.41, 5.74) is -7.85. The van der Waals surface area contributed by atoms with E-state index >= 15 is 0 Å². The van der Waals surface area contributed by atoms with E-state index in [4.69, 9.17) is 0 Å². The van der Waals surface area contributed by atoms with Crippen LogP contribution in [0.25, 0.3) is 0 Å². The van der Waals surface area contributed by atoms with Crippen molar-refractivity contribution in [3.8, 4) is 0 Å². The van der Waals surface area contributed by atoms with Gasteiger partial charge in [-0.15, -0.1) is 0 Å². The first-order chi connectivity index (χ1) is 10.2. The summed E-state index contributed by atoms with van der Waals surface area (Å²) in [6.45, 7) is 2.84. The van der Waals surface area contributed by atoms with Gasteiger partial charge in [0, 0.05) is 5.56 Å². The summed E-state index contributed by atoms with van der Waals surface area (Å²) in [7, 11) is 0. The van der Waals surface area contributed by atoms with E-state index in [0.29, 0.717) is 12.1 Å². The van der Waals surface area contributed by atoms with Crippen LogP contribution >= 0.6 is 0 Å². The topological polar surface area (TPSA) is 0 Å². The predicted octanol–water partition coefficient (Wildman–Crippen LogP) is 5.54. The van der Waals surface area contributed by atoms with Crippen molar-refractivity contribution in [1.82, 2.24) is 0 Å². The summed E-state index contributed by atoms with van der Waals surface area (Å²) in [6.07, 6.45) is -13.2. The smallest absolute Gasteiger partial charge is 0.221 e. The Bertz CT molecular complexity index is 534. The van der Waals surface area contributed by atoms with Crippen LogP contribution in [0, 0.1) is 6.07 Å². The van der Waals surface area contributed by atoms with Crippen LogP contribution in [0.5, 0.6) is 0 Å². The summed E-state index contributed by atoms with van der Waals surface area (Å²) < 4.78 is 117. The van der Waals surface area contributed by atoms with Crippen LogP contribution in [-0.2, 0) is 18.5 Å². The summed E-state index contributed by atoms with van der Waals surface area (Å²) in [5.74, 6) is -6.64. The van der Waals surface area contributed by atoms with Crippen molar-refractivity contribution in [3.05, 3.63) is 34.9 Å². The Morgan fingerprint density at radius 2 is 1.13 bits per heavy atom. The molecule has 0 aliphatic heterocycles. The van der Waals surface area contributed by atoms with E-state index in [-0.39, 0.29) is 24.0 Å². The number of hydrogen-bond acceptors (Lipinski definition) is 0. The lowest BCUT2D eigenvalue weighted by Crippen LogP contribution is -2.59. The molecule has 23 heavy (non-hydrogen) atoms. The molecule has 0 N–H and O–H groups in total. The quantitative estimate of drug-likeness (QED) is 0.625. The SMILES string of the molecule is CCc1[c]c(CC)cc(C(F)(C(F)(F)F)C(F)(F)C(F)(F)F)c1. The van der Waals surface area contributed by atoms with Gasteiger partial charge < -0.3 is 0 Å². The molecule has 0 nitrogen and oxygen atoms in total. The molecule has 131 valence electrons. The average molecular weight is 351 g/mol. The molecule has 1 aromatic carbocycles. The van der Waals surface area contributed by atoms with Crippen LogP contribution < -0.4 is 0 Å². The Balaban J connectivity index is 3.75. The van der Waals surface area contributed by atoms with E-state index < -0.39 is 29.5 Å². The first-order valence-corrected chi connectivity index (χ1v) is 6.48. The van der Waals surface area contributed by atoms with E-state index in [1.807, 2.05) is 0 Å². The fraction of sp³-hybridized carbons (Fsp3) is 0.571. The normalized spacial score (nSPS) is 16.3. The van der Waals surface area contributed by atoms with Crippen molar-refractivity contribution in [3.63, 3.8) is 0 Å². The molecule has 0 aromatic heterocycles.